The minimum absolute atomic E-state index is 0.0262. The Kier molecular flexibility index (Phi) is 5.08. The Morgan fingerprint density at radius 2 is 2.00 bits per heavy atom. The summed E-state index contributed by atoms with van der Waals surface area (Å²) in [6, 6.07) is 11.6. The van der Waals surface area contributed by atoms with E-state index in [2.05, 4.69) is 15.3 Å². The third-order valence-electron chi connectivity index (χ3n) is 5.45. The van der Waals surface area contributed by atoms with Gasteiger partial charge in [-0.3, -0.25) is 14.5 Å². The summed E-state index contributed by atoms with van der Waals surface area (Å²) in [7, 11) is 1.67. The maximum absolute atomic E-state index is 13.1. The SMILES string of the molecule is CC(C)n1c(C2CCCN(C(=O)c3cc(-c4ccccc4)n[nH]3)C2)nn(C)c1=O. The molecule has 3 aromatic rings. The van der Waals surface area contributed by atoms with Crippen LogP contribution in [0, 0.1) is 0 Å². The van der Waals surface area contributed by atoms with Crippen molar-refractivity contribution in [3.05, 3.63) is 58.4 Å². The summed E-state index contributed by atoms with van der Waals surface area (Å²) in [5.41, 5.74) is 2.08. The van der Waals surface area contributed by atoms with E-state index < -0.39 is 0 Å². The van der Waals surface area contributed by atoms with E-state index in [9.17, 15) is 9.59 Å². The fourth-order valence-electron chi connectivity index (χ4n) is 3.99. The lowest BCUT2D eigenvalue weighted by Gasteiger charge is -2.32. The first kappa shape index (κ1) is 19.2. The quantitative estimate of drug-likeness (QED) is 0.737. The normalized spacial score (nSPS) is 17.1. The minimum atomic E-state index is -0.112. The number of rotatable bonds is 4. The molecule has 1 amide bonds. The molecule has 1 aliphatic rings. The molecule has 1 atom stereocenters. The lowest BCUT2D eigenvalue weighted by atomic mass is 9.96. The van der Waals surface area contributed by atoms with Gasteiger partial charge in [-0.15, -0.1) is 0 Å². The molecule has 0 bridgehead atoms. The number of likely N-dealkylation sites (tertiary alicyclic amines) is 1. The van der Waals surface area contributed by atoms with Crippen molar-refractivity contribution in [3.63, 3.8) is 0 Å². The van der Waals surface area contributed by atoms with E-state index in [1.165, 1.54) is 4.68 Å². The van der Waals surface area contributed by atoms with Gasteiger partial charge in [0.2, 0.25) is 0 Å². The number of H-pyrrole nitrogens is 1. The number of aryl methyl sites for hydroxylation is 1. The van der Waals surface area contributed by atoms with Crippen molar-refractivity contribution in [2.75, 3.05) is 13.1 Å². The third kappa shape index (κ3) is 3.62. The van der Waals surface area contributed by atoms with Crippen LogP contribution in [-0.2, 0) is 7.05 Å². The Morgan fingerprint density at radius 3 is 2.72 bits per heavy atom. The second-order valence-electron chi connectivity index (χ2n) is 7.85. The van der Waals surface area contributed by atoms with E-state index in [1.807, 2.05) is 49.1 Å². The number of hydrogen-bond acceptors (Lipinski definition) is 4. The summed E-state index contributed by atoms with van der Waals surface area (Å²) in [4.78, 5) is 27.3. The fourth-order valence-corrected chi connectivity index (χ4v) is 3.99. The van der Waals surface area contributed by atoms with Crippen molar-refractivity contribution in [2.45, 2.75) is 38.6 Å². The average Bonchev–Trinajstić information content (AvgIpc) is 3.34. The number of aromatic amines is 1. The molecule has 1 unspecified atom stereocenters. The zero-order valence-electron chi connectivity index (χ0n) is 17.0. The molecule has 8 nitrogen and oxygen atoms in total. The van der Waals surface area contributed by atoms with E-state index in [4.69, 9.17) is 0 Å². The maximum Gasteiger partial charge on any atom is 0.345 e. The molecule has 4 rings (SSSR count). The van der Waals surface area contributed by atoms with Gasteiger partial charge in [0.05, 0.1) is 5.69 Å². The molecule has 3 heterocycles. The number of hydrogen-bond donors (Lipinski definition) is 1. The Bertz CT molecular complexity index is 1060. The van der Waals surface area contributed by atoms with Crippen LogP contribution in [0.25, 0.3) is 11.3 Å². The Balaban J connectivity index is 1.55. The summed E-state index contributed by atoms with van der Waals surface area (Å²) in [5.74, 6) is 0.735. The van der Waals surface area contributed by atoms with Crippen molar-refractivity contribution >= 4 is 5.91 Å². The highest BCUT2D eigenvalue weighted by Gasteiger charge is 2.31. The minimum Gasteiger partial charge on any atom is -0.337 e. The van der Waals surface area contributed by atoms with Crippen molar-refractivity contribution < 1.29 is 4.79 Å². The lowest BCUT2D eigenvalue weighted by Crippen LogP contribution is -2.40. The molecule has 1 aromatic carbocycles. The van der Waals surface area contributed by atoms with E-state index in [0.717, 1.165) is 29.9 Å². The van der Waals surface area contributed by atoms with Crippen molar-refractivity contribution in [2.24, 2.45) is 7.05 Å². The van der Waals surface area contributed by atoms with Gasteiger partial charge >= 0.3 is 5.69 Å². The molecular formula is C21H26N6O2. The molecule has 0 spiro atoms. The van der Waals surface area contributed by atoms with E-state index in [-0.39, 0.29) is 23.6 Å². The fraction of sp³-hybridized carbons (Fsp3) is 0.429. The summed E-state index contributed by atoms with van der Waals surface area (Å²) in [6.45, 7) is 5.19. The molecule has 0 aliphatic carbocycles. The van der Waals surface area contributed by atoms with Crippen LogP contribution in [0.1, 0.15) is 55.0 Å². The number of benzene rings is 1. The van der Waals surface area contributed by atoms with Crippen LogP contribution in [0.3, 0.4) is 0 Å². The second-order valence-corrected chi connectivity index (χ2v) is 7.85. The van der Waals surface area contributed by atoms with E-state index in [1.54, 1.807) is 17.7 Å². The number of carbonyl (C=O) groups excluding carboxylic acids is 1. The van der Waals surface area contributed by atoms with Gasteiger partial charge in [0.15, 0.2) is 0 Å². The molecule has 8 heteroatoms. The van der Waals surface area contributed by atoms with Crippen LogP contribution in [0.4, 0.5) is 0 Å². The molecule has 0 radical (unpaired) electrons. The van der Waals surface area contributed by atoms with Crippen LogP contribution < -0.4 is 5.69 Å². The van der Waals surface area contributed by atoms with Crippen LogP contribution in [0.5, 0.6) is 0 Å². The van der Waals surface area contributed by atoms with Gasteiger partial charge in [0.1, 0.15) is 11.5 Å². The summed E-state index contributed by atoms with van der Waals surface area (Å²) in [5, 5.41) is 11.7. The van der Waals surface area contributed by atoms with E-state index >= 15 is 0 Å². The Hall–Kier alpha value is -3.16. The van der Waals surface area contributed by atoms with Crippen LogP contribution in [0.15, 0.2) is 41.2 Å². The molecule has 0 saturated carbocycles. The monoisotopic (exact) mass is 394 g/mol. The number of nitrogens with one attached hydrogen (secondary N) is 1. The highest BCUT2D eigenvalue weighted by molar-refractivity contribution is 5.93. The molecule has 1 N–H and O–H groups in total. The Morgan fingerprint density at radius 1 is 1.24 bits per heavy atom. The molecule has 1 aliphatic heterocycles. The van der Waals surface area contributed by atoms with Crippen LogP contribution in [-0.4, -0.2) is 48.4 Å². The van der Waals surface area contributed by atoms with E-state index in [0.29, 0.717) is 18.8 Å². The van der Waals surface area contributed by atoms with Gasteiger partial charge in [-0.1, -0.05) is 30.3 Å². The second kappa shape index (κ2) is 7.69. The summed E-state index contributed by atoms with van der Waals surface area (Å²) >= 11 is 0. The summed E-state index contributed by atoms with van der Waals surface area (Å²) in [6.07, 6.45) is 1.78. The van der Waals surface area contributed by atoms with Crippen molar-refractivity contribution in [1.82, 2.24) is 29.4 Å². The third-order valence-corrected chi connectivity index (χ3v) is 5.45. The largest absolute Gasteiger partial charge is 0.345 e. The molecule has 1 fully saturated rings. The average molecular weight is 394 g/mol. The lowest BCUT2D eigenvalue weighted by molar-refractivity contribution is 0.0696. The van der Waals surface area contributed by atoms with Gasteiger partial charge < -0.3 is 4.90 Å². The van der Waals surface area contributed by atoms with Gasteiger partial charge in [0.25, 0.3) is 5.91 Å². The maximum atomic E-state index is 13.1. The predicted molar refractivity (Wildman–Crippen MR) is 110 cm³/mol. The number of nitrogens with zero attached hydrogens (tertiary/aromatic N) is 5. The van der Waals surface area contributed by atoms with Crippen molar-refractivity contribution in [1.29, 1.82) is 0 Å². The molecule has 2 aromatic heterocycles. The van der Waals surface area contributed by atoms with Gasteiger partial charge in [-0.2, -0.15) is 10.2 Å². The zero-order chi connectivity index (χ0) is 20.5. The van der Waals surface area contributed by atoms with Crippen molar-refractivity contribution in [3.8, 4) is 11.3 Å². The van der Waals surface area contributed by atoms with Crippen LogP contribution >= 0.6 is 0 Å². The molecule has 29 heavy (non-hydrogen) atoms. The predicted octanol–water partition coefficient (Wildman–Crippen LogP) is 2.57. The van der Waals surface area contributed by atoms with Gasteiger partial charge in [-0.05, 0) is 32.8 Å². The zero-order valence-corrected chi connectivity index (χ0v) is 17.0. The Labute approximate surface area is 169 Å². The number of aromatic nitrogens is 5. The van der Waals surface area contributed by atoms with Gasteiger partial charge in [-0.25, -0.2) is 9.48 Å². The first-order valence-corrected chi connectivity index (χ1v) is 10.0. The topological polar surface area (TPSA) is 88.8 Å². The molecular weight excluding hydrogens is 368 g/mol. The summed E-state index contributed by atoms with van der Waals surface area (Å²) < 4.78 is 3.12. The number of amides is 1. The molecule has 152 valence electrons. The molecule has 1 saturated heterocycles. The number of piperidine rings is 1. The smallest absolute Gasteiger partial charge is 0.337 e. The highest BCUT2D eigenvalue weighted by atomic mass is 16.2. The number of carbonyl (C=O) groups is 1. The first-order chi connectivity index (χ1) is 14.0. The van der Waals surface area contributed by atoms with Gasteiger partial charge in [0, 0.05) is 37.7 Å². The van der Waals surface area contributed by atoms with Crippen LogP contribution in [0.2, 0.25) is 0 Å². The highest BCUT2D eigenvalue weighted by Crippen LogP contribution is 2.27. The standard InChI is InChI=1S/C21H26N6O2/c1-14(2)27-19(24-25(3)21(27)29)16-10-7-11-26(13-16)20(28)18-12-17(22-23-18)15-8-5-4-6-9-15/h4-6,8-9,12,14,16H,7,10-11,13H2,1-3H3,(H,22,23). The first-order valence-electron chi connectivity index (χ1n) is 10.0.